The number of hydrogen-bond donors (Lipinski definition) is 0. The zero-order chi connectivity index (χ0) is 17.1. The van der Waals surface area contributed by atoms with Crippen LogP contribution in [0.25, 0.3) is 0 Å². The minimum absolute atomic E-state index is 0.0300. The number of halogens is 1. The predicted molar refractivity (Wildman–Crippen MR) is 88.0 cm³/mol. The van der Waals surface area contributed by atoms with E-state index in [4.69, 9.17) is 4.74 Å². The lowest BCUT2D eigenvalue weighted by Crippen LogP contribution is -2.40. The molecule has 0 aliphatic carbocycles. The number of carbonyl (C=O) groups is 2. The summed E-state index contributed by atoms with van der Waals surface area (Å²) in [6, 6.07) is 5.81. The Morgan fingerprint density at radius 1 is 1.38 bits per heavy atom. The molecule has 1 aromatic rings. The molecule has 2 amide bonds. The monoisotopic (exact) mass is 334 g/mol. The fraction of sp³-hybridized carbons (Fsp3) is 0.556. The summed E-state index contributed by atoms with van der Waals surface area (Å²) < 4.78 is 18.4. The van der Waals surface area contributed by atoms with Crippen LogP contribution < -0.4 is 4.90 Å². The summed E-state index contributed by atoms with van der Waals surface area (Å²) in [6.45, 7) is 5.11. The van der Waals surface area contributed by atoms with Gasteiger partial charge in [0.1, 0.15) is 5.82 Å². The fourth-order valence-corrected chi connectivity index (χ4v) is 3.42. The largest absolute Gasteiger partial charge is 0.381 e. The average Bonchev–Trinajstić information content (AvgIpc) is 3.22. The molecule has 0 bridgehead atoms. The van der Waals surface area contributed by atoms with Crippen molar-refractivity contribution >= 4 is 17.5 Å². The van der Waals surface area contributed by atoms with Crippen LogP contribution in [0.4, 0.5) is 10.1 Å². The third kappa shape index (κ3) is 3.59. The molecule has 2 fully saturated rings. The number of carbonyl (C=O) groups excluding carboxylic acids is 2. The summed E-state index contributed by atoms with van der Waals surface area (Å²) in [6.07, 6.45) is 1.20. The molecule has 0 radical (unpaired) electrons. The Kier molecular flexibility index (Phi) is 5.14. The Hall–Kier alpha value is -1.95. The molecule has 2 atom stereocenters. The van der Waals surface area contributed by atoms with Crippen LogP contribution in [-0.4, -0.2) is 49.6 Å². The van der Waals surface area contributed by atoms with E-state index in [0.29, 0.717) is 37.8 Å². The Morgan fingerprint density at radius 3 is 2.75 bits per heavy atom. The Balaban J connectivity index is 1.65. The maximum Gasteiger partial charge on any atom is 0.228 e. The molecule has 2 aliphatic rings. The van der Waals surface area contributed by atoms with Crippen molar-refractivity contribution in [2.75, 3.05) is 37.7 Å². The second kappa shape index (κ2) is 7.30. The van der Waals surface area contributed by atoms with Gasteiger partial charge >= 0.3 is 0 Å². The Labute approximate surface area is 141 Å². The van der Waals surface area contributed by atoms with Crippen molar-refractivity contribution in [2.24, 2.45) is 11.8 Å². The van der Waals surface area contributed by atoms with E-state index in [1.54, 1.807) is 17.0 Å². The molecular formula is C18H23FN2O3. The molecule has 130 valence electrons. The zero-order valence-electron chi connectivity index (χ0n) is 13.9. The lowest BCUT2D eigenvalue weighted by Gasteiger charge is -2.26. The van der Waals surface area contributed by atoms with Gasteiger partial charge in [0.25, 0.3) is 0 Å². The van der Waals surface area contributed by atoms with Crippen LogP contribution in [0, 0.1) is 17.7 Å². The summed E-state index contributed by atoms with van der Waals surface area (Å²) in [5.41, 5.74) is 0.643. The summed E-state index contributed by atoms with van der Waals surface area (Å²) >= 11 is 0. The van der Waals surface area contributed by atoms with E-state index in [1.165, 1.54) is 12.1 Å². The lowest BCUT2D eigenvalue weighted by atomic mass is 10.0. The van der Waals surface area contributed by atoms with Crippen LogP contribution in [0.2, 0.25) is 0 Å². The zero-order valence-corrected chi connectivity index (χ0v) is 13.9. The van der Waals surface area contributed by atoms with Gasteiger partial charge < -0.3 is 14.5 Å². The number of nitrogens with zero attached hydrogens (tertiary/aromatic N) is 2. The normalized spacial score (nSPS) is 23.8. The molecule has 2 heterocycles. The minimum Gasteiger partial charge on any atom is -0.381 e. The number of rotatable bonds is 5. The van der Waals surface area contributed by atoms with Crippen molar-refractivity contribution in [3.8, 4) is 0 Å². The van der Waals surface area contributed by atoms with E-state index < -0.39 is 0 Å². The van der Waals surface area contributed by atoms with Crippen LogP contribution >= 0.6 is 0 Å². The maximum atomic E-state index is 13.0. The van der Waals surface area contributed by atoms with Gasteiger partial charge in [0, 0.05) is 44.3 Å². The number of ether oxygens (including phenoxy) is 1. The molecular weight excluding hydrogens is 311 g/mol. The number of benzene rings is 1. The molecule has 3 rings (SSSR count). The van der Waals surface area contributed by atoms with E-state index in [1.807, 2.05) is 11.8 Å². The lowest BCUT2D eigenvalue weighted by molar-refractivity contribution is -0.136. The first kappa shape index (κ1) is 16.9. The fourth-order valence-electron chi connectivity index (χ4n) is 3.42. The third-order valence-corrected chi connectivity index (χ3v) is 4.81. The van der Waals surface area contributed by atoms with Gasteiger partial charge in [-0.05, 0) is 37.6 Å². The predicted octanol–water partition coefficient (Wildman–Crippen LogP) is 2.06. The van der Waals surface area contributed by atoms with Gasteiger partial charge in [-0.3, -0.25) is 9.59 Å². The minimum atomic E-state index is -0.339. The van der Waals surface area contributed by atoms with Gasteiger partial charge in [0.2, 0.25) is 11.8 Å². The first-order valence-electron chi connectivity index (χ1n) is 8.51. The van der Waals surface area contributed by atoms with E-state index in [0.717, 1.165) is 13.0 Å². The quantitative estimate of drug-likeness (QED) is 0.828. The van der Waals surface area contributed by atoms with Crippen LogP contribution in [0.5, 0.6) is 0 Å². The highest BCUT2D eigenvalue weighted by molar-refractivity contribution is 6.00. The SMILES string of the molecule is CCN(C[C@@H]1CCOC1)C(=O)[C@H]1CC(=O)N(c2ccc(F)cc2)C1. The molecule has 2 saturated heterocycles. The van der Waals surface area contributed by atoms with Gasteiger partial charge in [0.15, 0.2) is 0 Å². The Morgan fingerprint density at radius 2 is 2.12 bits per heavy atom. The maximum absolute atomic E-state index is 13.0. The van der Waals surface area contributed by atoms with Gasteiger partial charge in [0.05, 0.1) is 12.5 Å². The molecule has 24 heavy (non-hydrogen) atoms. The second-order valence-electron chi connectivity index (χ2n) is 6.49. The molecule has 6 heteroatoms. The van der Waals surface area contributed by atoms with E-state index in [9.17, 15) is 14.0 Å². The number of amides is 2. The number of anilines is 1. The molecule has 1 aromatic carbocycles. The van der Waals surface area contributed by atoms with E-state index in [2.05, 4.69) is 0 Å². The van der Waals surface area contributed by atoms with Crippen molar-refractivity contribution in [1.82, 2.24) is 4.90 Å². The smallest absolute Gasteiger partial charge is 0.228 e. The van der Waals surface area contributed by atoms with Crippen LogP contribution in [0.15, 0.2) is 24.3 Å². The average molecular weight is 334 g/mol. The van der Waals surface area contributed by atoms with E-state index in [-0.39, 0.29) is 30.0 Å². The van der Waals surface area contributed by atoms with E-state index >= 15 is 0 Å². The third-order valence-electron chi connectivity index (χ3n) is 4.81. The van der Waals surface area contributed by atoms with Gasteiger partial charge in [-0.15, -0.1) is 0 Å². The molecule has 0 spiro atoms. The first-order valence-corrected chi connectivity index (χ1v) is 8.51. The van der Waals surface area contributed by atoms with Gasteiger partial charge in [-0.1, -0.05) is 0 Å². The van der Waals surface area contributed by atoms with Crippen molar-refractivity contribution in [3.63, 3.8) is 0 Å². The topological polar surface area (TPSA) is 49.9 Å². The van der Waals surface area contributed by atoms with Crippen LogP contribution in [0.1, 0.15) is 19.8 Å². The second-order valence-corrected chi connectivity index (χ2v) is 6.49. The van der Waals surface area contributed by atoms with Crippen molar-refractivity contribution in [2.45, 2.75) is 19.8 Å². The van der Waals surface area contributed by atoms with Gasteiger partial charge in [-0.25, -0.2) is 4.39 Å². The summed E-state index contributed by atoms with van der Waals surface area (Å²) in [5.74, 6) is -0.333. The molecule has 5 nitrogen and oxygen atoms in total. The summed E-state index contributed by atoms with van der Waals surface area (Å²) in [4.78, 5) is 28.5. The van der Waals surface area contributed by atoms with Crippen molar-refractivity contribution < 1.29 is 18.7 Å². The highest BCUT2D eigenvalue weighted by Crippen LogP contribution is 2.27. The molecule has 0 unspecified atom stereocenters. The molecule has 0 saturated carbocycles. The highest BCUT2D eigenvalue weighted by Gasteiger charge is 2.37. The van der Waals surface area contributed by atoms with Crippen molar-refractivity contribution in [3.05, 3.63) is 30.1 Å². The van der Waals surface area contributed by atoms with Crippen molar-refractivity contribution in [1.29, 1.82) is 0 Å². The van der Waals surface area contributed by atoms with Gasteiger partial charge in [-0.2, -0.15) is 0 Å². The first-order chi connectivity index (χ1) is 11.6. The Bertz CT molecular complexity index is 599. The summed E-state index contributed by atoms with van der Waals surface area (Å²) in [5, 5.41) is 0. The molecule has 0 aromatic heterocycles. The standard InChI is InChI=1S/C18H23FN2O3/c1-2-20(10-13-7-8-24-12-13)18(23)14-9-17(22)21(11-14)16-5-3-15(19)4-6-16/h3-6,13-14H,2,7-12H2,1H3/t13-,14-/m0/s1. The molecule has 2 aliphatic heterocycles. The van der Waals surface area contributed by atoms with Crippen LogP contribution in [-0.2, 0) is 14.3 Å². The molecule has 0 N–H and O–H groups in total. The summed E-state index contributed by atoms with van der Waals surface area (Å²) in [7, 11) is 0. The highest BCUT2D eigenvalue weighted by atomic mass is 19.1. The van der Waals surface area contributed by atoms with Crippen LogP contribution in [0.3, 0.4) is 0 Å². The number of hydrogen-bond acceptors (Lipinski definition) is 3.